The van der Waals surface area contributed by atoms with Gasteiger partial charge in [-0.15, -0.1) is 0 Å². The van der Waals surface area contributed by atoms with Crippen LogP contribution in [-0.4, -0.2) is 43.0 Å². The van der Waals surface area contributed by atoms with Gasteiger partial charge in [0.25, 0.3) is 0 Å². The Bertz CT molecular complexity index is 367. The molecule has 1 atom stereocenters. The fraction of sp³-hybridized carbons (Fsp3) is 0.571. The number of piperazine rings is 1. The molecule has 17 heavy (non-hydrogen) atoms. The summed E-state index contributed by atoms with van der Waals surface area (Å²) >= 11 is 0. The van der Waals surface area contributed by atoms with Crippen LogP contribution in [0.5, 0.6) is 0 Å². The third-order valence-corrected chi connectivity index (χ3v) is 3.47. The quantitative estimate of drug-likeness (QED) is 0.795. The first-order chi connectivity index (χ1) is 8.22. The largest absolute Gasteiger partial charge is 0.303 e. The predicted molar refractivity (Wildman–Crippen MR) is 68.5 cm³/mol. The molecule has 3 heteroatoms. The molecule has 0 spiro atoms. The van der Waals surface area contributed by atoms with Crippen LogP contribution in [0.3, 0.4) is 0 Å². The minimum absolute atomic E-state index is 0.0751. The first-order valence-electron chi connectivity index (χ1n) is 6.39. The van der Waals surface area contributed by atoms with E-state index in [-0.39, 0.29) is 11.9 Å². The van der Waals surface area contributed by atoms with Gasteiger partial charge in [-0.1, -0.05) is 25.1 Å². The van der Waals surface area contributed by atoms with Crippen molar-refractivity contribution >= 4 is 0 Å². The van der Waals surface area contributed by atoms with Gasteiger partial charge in [-0.05, 0) is 26.1 Å². The third-order valence-electron chi connectivity index (χ3n) is 3.47. The second-order valence-corrected chi connectivity index (χ2v) is 4.84. The van der Waals surface area contributed by atoms with Crippen molar-refractivity contribution in [1.29, 1.82) is 0 Å². The molecule has 0 saturated carbocycles. The summed E-state index contributed by atoms with van der Waals surface area (Å²) in [5.41, 5.74) is 0.840. The van der Waals surface area contributed by atoms with Crippen molar-refractivity contribution < 1.29 is 4.39 Å². The molecule has 2 rings (SSSR count). The lowest BCUT2D eigenvalue weighted by Gasteiger charge is -2.40. The van der Waals surface area contributed by atoms with Gasteiger partial charge >= 0.3 is 0 Å². The van der Waals surface area contributed by atoms with Gasteiger partial charge in [0.2, 0.25) is 0 Å². The van der Waals surface area contributed by atoms with Crippen LogP contribution in [0.15, 0.2) is 24.3 Å². The molecule has 1 aliphatic heterocycles. The van der Waals surface area contributed by atoms with Crippen molar-refractivity contribution in [2.45, 2.75) is 19.4 Å². The molecule has 94 valence electrons. The number of likely N-dealkylation sites (N-methyl/N-ethyl adjacent to an activating group) is 1. The number of rotatable bonds is 3. The summed E-state index contributed by atoms with van der Waals surface area (Å²) in [5, 5.41) is 0. The van der Waals surface area contributed by atoms with E-state index >= 15 is 0 Å². The Kier molecular flexibility index (Phi) is 4.13. The minimum Gasteiger partial charge on any atom is -0.303 e. The van der Waals surface area contributed by atoms with E-state index in [1.807, 2.05) is 12.1 Å². The van der Waals surface area contributed by atoms with Gasteiger partial charge in [0, 0.05) is 25.2 Å². The van der Waals surface area contributed by atoms with Crippen LogP contribution in [0.1, 0.15) is 24.9 Å². The number of hydrogen-bond acceptors (Lipinski definition) is 2. The first-order valence-corrected chi connectivity index (χ1v) is 6.39. The highest BCUT2D eigenvalue weighted by Crippen LogP contribution is 2.26. The molecule has 0 aromatic heterocycles. The lowest BCUT2D eigenvalue weighted by atomic mass is 10.0. The smallest absolute Gasteiger partial charge is 0.128 e. The number of halogens is 1. The van der Waals surface area contributed by atoms with Gasteiger partial charge in [-0.2, -0.15) is 0 Å². The monoisotopic (exact) mass is 236 g/mol. The molecular formula is C14H21FN2. The molecular weight excluding hydrogens is 215 g/mol. The Morgan fingerprint density at radius 3 is 2.76 bits per heavy atom. The standard InChI is InChI=1S/C14H21FN2/c1-3-8-17-10-9-16(2)11-14(17)12-6-4-5-7-13(12)15/h4-7,14H,3,8-11H2,1-2H3. The Morgan fingerprint density at radius 2 is 2.06 bits per heavy atom. The van der Waals surface area contributed by atoms with E-state index in [1.54, 1.807) is 12.1 Å². The van der Waals surface area contributed by atoms with E-state index in [0.717, 1.165) is 38.2 Å². The zero-order chi connectivity index (χ0) is 12.3. The number of nitrogens with zero attached hydrogens (tertiary/aromatic N) is 2. The van der Waals surface area contributed by atoms with Crippen molar-refractivity contribution in [3.05, 3.63) is 35.6 Å². The van der Waals surface area contributed by atoms with Crippen LogP contribution in [0.2, 0.25) is 0 Å². The average molecular weight is 236 g/mol. The van der Waals surface area contributed by atoms with Crippen LogP contribution in [0.4, 0.5) is 4.39 Å². The molecule has 1 heterocycles. The molecule has 1 unspecified atom stereocenters. The Balaban J connectivity index is 2.22. The highest BCUT2D eigenvalue weighted by Gasteiger charge is 2.27. The lowest BCUT2D eigenvalue weighted by molar-refractivity contribution is 0.0879. The van der Waals surface area contributed by atoms with Gasteiger partial charge in [-0.3, -0.25) is 4.90 Å². The van der Waals surface area contributed by atoms with Crippen LogP contribution in [-0.2, 0) is 0 Å². The molecule has 1 aromatic carbocycles. The number of benzene rings is 1. The molecule has 1 aromatic rings. The summed E-state index contributed by atoms with van der Waals surface area (Å²) in [5.74, 6) is -0.0751. The molecule has 1 saturated heterocycles. The SMILES string of the molecule is CCCN1CCN(C)CC1c1ccccc1F. The van der Waals surface area contributed by atoms with Gasteiger partial charge in [0.05, 0.1) is 6.04 Å². The van der Waals surface area contributed by atoms with Crippen molar-refractivity contribution in [2.75, 3.05) is 33.2 Å². The van der Waals surface area contributed by atoms with Crippen LogP contribution in [0, 0.1) is 5.82 Å². The Labute approximate surface area is 103 Å². The van der Waals surface area contributed by atoms with E-state index in [1.165, 1.54) is 0 Å². The molecule has 0 aliphatic carbocycles. The van der Waals surface area contributed by atoms with Crippen molar-refractivity contribution in [3.8, 4) is 0 Å². The molecule has 0 N–H and O–H groups in total. The predicted octanol–water partition coefficient (Wildman–Crippen LogP) is 2.52. The van der Waals surface area contributed by atoms with Crippen LogP contribution in [0.25, 0.3) is 0 Å². The third kappa shape index (κ3) is 2.85. The van der Waals surface area contributed by atoms with E-state index in [4.69, 9.17) is 0 Å². The van der Waals surface area contributed by atoms with E-state index in [0.29, 0.717) is 0 Å². The second kappa shape index (κ2) is 5.61. The van der Waals surface area contributed by atoms with Crippen molar-refractivity contribution in [1.82, 2.24) is 9.80 Å². The van der Waals surface area contributed by atoms with Gasteiger partial charge in [-0.25, -0.2) is 4.39 Å². The fourth-order valence-electron chi connectivity index (χ4n) is 2.55. The van der Waals surface area contributed by atoms with E-state index in [9.17, 15) is 4.39 Å². The fourth-order valence-corrected chi connectivity index (χ4v) is 2.55. The van der Waals surface area contributed by atoms with Gasteiger partial charge < -0.3 is 4.90 Å². The lowest BCUT2D eigenvalue weighted by Crippen LogP contribution is -2.47. The summed E-state index contributed by atoms with van der Waals surface area (Å²) in [6.45, 7) is 6.25. The summed E-state index contributed by atoms with van der Waals surface area (Å²) in [7, 11) is 2.11. The minimum atomic E-state index is -0.0751. The highest BCUT2D eigenvalue weighted by atomic mass is 19.1. The topological polar surface area (TPSA) is 6.48 Å². The first kappa shape index (κ1) is 12.5. The summed E-state index contributed by atoms with van der Waals surface area (Å²) in [6, 6.07) is 7.37. The summed E-state index contributed by atoms with van der Waals surface area (Å²) in [6.07, 6.45) is 1.12. The van der Waals surface area contributed by atoms with Crippen molar-refractivity contribution in [2.24, 2.45) is 0 Å². The molecule has 0 radical (unpaired) electrons. The van der Waals surface area contributed by atoms with Gasteiger partial charge in [0.1, 0.15) is 5.82 Å². The second-order valence-electron chi connectivity index (χ2n) is 4.84. The summed E-state index contributed by atoms with van der Waals surface area (Å²) < 4.78 is 13.9. The molecule has 1 fully saturated rings. The normalized spacial score (nSPS) is 22.9. The average Bonchev–Trinajstić information content (AvgIpc) is 2.32. The zero-order valence-corrected chi connectivity index (χ0v) is 10.7. The van der Waals surface area contributed by atoms with Crippen molar-refractivity contribution in [3.63, 3.8) is 0 Å². The highest BCUT2D eigenvalue weighted by molar-refractivity contribution is 5.22. The molecule has 2 nitrogen and oxygen atoms in total. The molecule has 1 aliphatic rings. The maximum atomic E-state index is 13.9. The number of hydrogen-bond donors (Lipinski definition) is 0. The Hall–Kier alpha value is -0.930. The molecule has 0 amide bonds. The maximum Gasteiger partial charge on any atom is 0.128 e. The summed E-state index contributed by atoms with van der Waals surface area (Å²) in [4.78, 5) is 4.68. The van der Waals surface area contributed by atoms with E-state index < -0.39 is 0 Å². The molecule has 0 bridgehead atoms. The van der Waals surface area contributed by atoms with E-state index in [2.05, 4.69) is 23.8 Å². The van der Waals surface area contributed by atoms with Crippen LogP contribution < -0.4 is 0 Å². The Morgan fingerprint density at radius 1 is 1.29 bits per heavy atom. The zero-order valence-electron chi connectivity index (χ0n) is 10.7. The maximum absolute atomic E-state index is 13.9. The van der Waals surface area contributed by atoms with Crippen LogP contribution >= 0.6 is 0 Å². The van der Waals surface area contributed by atoms with Gasteiger partial charge in [0.15, 0.2) is 0 Å².